The number of hydrogen-bond donors (Lipinski definition) is 2. The van der Waals surface area contributed by atoms with E-state index in [9.17, 15) is 18.0 Å². The number of morpholine rings is 1. The Balaban J connectivity index is 0.00000225. The maximum atomic E-state index is 11.7. The smallest absolute Gasteiger partial charge is 0.375 e. The van der Waals surface area contributed by atoms with Gasteiger partial charge in [-0.3, -0.25) is 4.79 Å². The Kier molecular flexibility index (Phi) is 6.70. The fourth-order valence-corrected chi connectivity index (χ4v) is 1.23. The third kappa shape index (κ3) is 6.86. The normalized spacial score (nSPS) is 21.1. The molecule has 1 aliphatic rings. The van der Waals surface area contributed by atoms with Crippen LogP contribution in [0.2, 0.25) is 0 Å². The van der Waals surface area contributed by atoms with Crippen LogP contribution >= 0.6 is 12.4 Å². The molecule has 8 heteroatoms. The summed E-state index contributed by atoms with van der Waals surface area (Å²) in [6, 6.07) is 0. The summed E-state index contributed by atoms with van der Waals surface area (Å²) in [5.74, 6) is -0.638. The van der Waals surface area contributed by atoms with Crippen molar-refractivity contribution in [1.29, 1.82) is 0 Å². The van der Waals surface area contributed by atoms with Gasteiger partial charge in [-0.15, -0.1) is 12.4 Å². The van der Waals surface area contributed by atoms with E-state index < -0.39 is 18.6 Å². The average molecular weight is 263 g/mol. The van der Waals surface area contributed by atoms with E-state index in [-0.39, 0.29) is 24.9 Å². The van der Waals surface area contributed by atoms with E-state index in [1.54, 1.807) is 5.32 Å². The molecule has 16 heavy (non-hydrogen) atoms. The lowest BCUT2D eigenvalue weighted by molar-refractivity contribution is -0.140. The molecule has 0 aliphatic carbocycles. The SMILES string of the molecule is Cl.O=C(CC1CNCCO1)NCC(F)(F)F. The largest absolute Gasteiger partial charge is 0.405 e. The van der Waals surface area contributed by atoms with Gasteiger partial charge in [-0.1, -0.05) is 0 Å². The maximum absolute atomic E-state index is 11.7. The van der Waals surface area contributed by atoms with Gasteiger partial charge in [-0.05, 0) is 0 Å². The van der Waals surface area contributed by atoms with Gasteiger partial charge < -0.3 is 15.4 Å². The molecule has 1 aliphatic heterocycles. The molecule has 0 radical (unpaired) electrons. The van der Waals surface area contributed by atoms with Crippen molar-refractivity contribution >= 4 is 18.3 Å². The van der Waals surface area contributed by atoms with Gasteiger partial charge in [0.05, 0.1) is 19.1 Å². The third-order valence-corrected chi connectivity index (χ3v) is 1.90. The number of ether oxygens (including phenoxy) is 1. The summed E-state index contributed by atoms with van der Waals surface area (Å²) >= 11 is 0. The fraction of sp³-hybridized carbons (Fsp3) is 0.875. The number of alkyl halides is 3. The number of carbonyl (C=O) groups excluding carboxylic acids is 1. The zero-order valence-corrected chi connectivity index (χ0v) is 9.29. The summed E-state index contributed by atoms with van der Waals surface area (Å²) in [4.78, 5) is 11.0. The fourth-order valence-electron chi connectivity index (χ4n) is 1.23. The Morgan fingerprint density at radius 3 is 2.69 bits per heavy atom. The summed E-state index contributed by atoms with van der Waals surface area (Å²) in [5.41, 5.74) is 0. The Morgan fingerprint density at radius 1 is 1.50 bits per heavy atom. The Bertz CT molecular complexity index is 220. The molecule has 2 N–H and O–H groups in total. The molecular formula is C8H14ClF3N2O2. The van der Waals surface area contributed by atoms with Crippen LogP contribution in [0.4, 0.5) is 13.2 Å². The lowest BCUT2D eigenvalue weighted by Gasteiger charge is -2.23. The summed E-state index contributed by atoms with van der Waals surface area (Å²) in [6.07, 6.45) is -4.73. The molecule has 1 heterocycles. The molecule has 1 atom stereocenters. The second kappa shape index (κ2) is 6.93. The Morgan fingerprint density at radius 2 is 2.19 bits per heavy atom. The Hall–Kier alpha value is -0.530. The van der Waals surface area contributed by atoms with Gasteiger partial charge >= 0.3 is 6.18 Å². The number of nitrogens with one attached hydrogen (secondary N) is 2. The van der Waals surface area contributed by atoms with Gasteiger partial charge in [-0.2, -0.15) is 13.2 Å². The predicted molar refractivity (Wildman–Crippen MR) is 53.5 cm³/mol. The molecule has 0 aromatic carbocycles. The minimum Gasteiger partial charge on any atom is -0.375 e. The first-order chi connectivity index (χ1) is 6.97. The molecule has 4 nitrogen and oxygen atoms in total. The van der Waals surface area contributed by atoms with Crippen LogP contribution in [0, 0.1) is 0 Å². The van der Waals surface area contributed by atoms with Crippen LogP contribution in [0.5, 0.6) is 0 Å². The molecule has 1 amide bonds. The van der Waals surface area contributed by atoms with Crippen molar-refractivity contribution in [2.24, 2.45) is 0 Å². The van der Waals surface area contributed by atoms with Crippen molar-refractivity contribution in [1.82, 2.24) is 10.6 Å². The number of halogens is 4. The first-order valence-electron chi connectivity index (χ1n) is 4.63. The molecule has 1 rings (SSSR count). The van der Waals surface area contributed by atoms with Crippen LogP contribution in [-0.4, -0.2) is 44.4 Å². The third-order valence-electron chi connectivity index (χ3n) is 1.90. The molecular weight excluding hydrogens is 249 g/mol. The standard InChI is InChI=1S/C8H13F3N2O2.ClH/c9-8(10,11)5-13-7(14)3-6-4-12-1-2-15-6;/h6,12H,1-5H2,(H,13,14);1H. The highest BCUT2D eigenvalue weighted by molar-refractivity contribution is 5.85. The van der Waals surface area contributed by atoms with Gasteiger partial charge in [0.15, 0.2) is 0 Å². The molecule has 1 saturated heterocycles. The van der Waals surface area contributed by atoms with Crippen molar-refractivity contribution in [2.45, 2.75) is 18.7 Å². The van der Waals surface area contributed by atoms with E-state index in [2.05, 4.69) is 5.32 Å². The minimum absolute atomic E-state index is 0. The summed E-state index contributed by atoms with van der Waals surface area (Å²) in [7, 11) is 0. The lowest BCUT2D eigenvalue weighted by atomic mass is 10.2. The number of carbonyl (C=O) groups is 1. The van der Waals surface area contributed by atoms with Crippen molar-refractivity contribution in [2.75, 3.05) is 26.2 Å². The average Bonchev–Trinajstić information content (AvgIpc) is 2.15. The highest BCUT2D eigenvalue weighted by Crippen LogP contribution is 2.12. The van der Waals surface area contributed by atoms with Crippen LogP contribution < -0.4 is 10.6 Å². The molecule has 0 bridgehead atoms. The van der Waals surface area contributed by atoms with Crippen LogP contribution in [0.1, 0.15) is 6.42 Å². The van der Waals surface area contributed by atoms with E-state index in [1.165, 1.54) is 0 Å². The lowest BCUT2D eigenvalue weighted by Crippen LogP contribution is -2.42. The van der Waals surface area contributed by atoms with Crippen LogP contribution in [0.3, 0.4) is 0 Å². The highest BCUT2D eigenvalue weighted by atomic mass is 35.5. The van der Waals surface area contributed by atoms with Crippen molar-refractivity contribution in [3.8, 4) is 0 Å². The van der Waals surface area contributed by atoms with Crippen molar-refractivity contribution in [3.63, 3.8) is 0 Å². The number of rotatable bonds is 3. The molecule has 0 saturated carbocycles. The van der Waals surface area contributed by atoms with Crippen LogP contribution in [0.25, 0.3) is 0 Å². The molecule has 1 fully saturated rings. The van der Waals surface area contributed by atoms with E-state index in [1.807, 2.05) is 0 Å². The molecule has 0 aromatic rings. The number of hydrogen-bond acceptors (Lipinski definition) is 3. The highest BCUT2D eigenvalue weighted by Gasteiger charge is 2.28. The molecule has 1 unspecified atom stereocenters. The Labute approximate surface area is 97.3 Å². The summed E-state index contributed by atoms with van der Waals surface area (Å²) < 4.78 is 40.4. The van der Waals surface area contributed by atoms with Crippen molar-refractivity contribution in [3.05, 3.63) is 0 Å². The van der Waals surface area contributed by atoms with Crippen molar-refractivity contribution < 1.29 is 22.7 Å². The quantitative estimate of drug-likeness (QED) is 0.777. The van der Waals surface area contributed by atoms with E-state index in [4.69, 9.17) is 4.74 Å². The molecule has 96 valence electrons. The number of amides is 1. The van der Waals surface area contributed by atoms with E-state index in [0.717, 1.165) is 0 Å². The van der Waals surface area contributed by atoms with Gasteiger partial charge in [-0.25, -0.2) is 0 Å². The maximum Gasteiger partial charge on any atom is 0.405 e. The second-order valence-corrected chi connectivity index (χ2v) is 3.29. The minimum atomic E-state index is -4.36. The monoisotopic (exact) mass is 262 g/mol. The van der Waals surface area contributed by atoms with Gasteiger partial charge in [0.25, 0.3) is 0 Å². The van der Waals surface area contributed by atoms with Gasteiger partial charge in [0.2, 0.25) is 5.91 Å². The van der Waals surface area contributed by atoms with Crippen LogP contribution in [0.15, 0.2) is 0 Å². The molecule has 0 spiro atoms. The summed E-state index contributed by atoms with van der Waals surface area (Å²) in [5, 5.41) is 4.78. The zero-order valence-electron chi connectivity index (χ0n) is 8.47. The van der Waals surface area contributed by atoms with E-state index in [0.29, 0.717) is 19.7 Å². The topological polar surface area (TPSA) is 50.4 Å². The summed E-state index contributed by atoms with van der Waals surface area (Å²) in [6.45, 7) is 0.406. The van der Waals surface area contributed by atoms with Crippen LogP contribution in [-0.2, 0) is 9.53 Å². The van der Waals surface area contributed by atoms with Gasteiger partial charge in [0.1, 0.15) is 6.54 Å². The molecule has 0 aromatic heterocycles. The zero-order chi connectivity index (χ0) is 11.3. The van der Waals surface area contributed by atoms with E-state index >= 15 is 0 Å². The van der Waals surface area contributed by atoms with Gasteiger partial charge in [0, 0.05) is 13.1 Å². The first-order valence-corrected chi connectivity index (χ1v) is 4.63. The first kappa shape index (κ1) is 15.5. The predicted octanol–water partition coefficient (Wildman–Crippen LogP) is 0.465. The second-order valence-electron chi connectivity index (χ2n) is 3.29.